The highest BCUT2D eigenvalue weighted by Crippen LogP contribution is 2.33. The standard InChI is InChI=1S/C17H22F2N4O2/c1-16(2,3)25-15(24)21-12-10-13(14-20-6-9-23(14)11-12)22-7-4-17(18,19)5-8-22/h6,9-11H,4-5,7-8H2,1-3H3,(H,21,24). The van der Waals surface area contributed by atoms with Gasteiger partial charge in [0.25, 0.3) is 5.92 Å². The number of imidazole rings is 1. The first-order chi connectivity index (χ1) is 11.6. The molecular formula is C17H22F2N4O2. The zero-order valence-electron chi connectivity index (χ0n) is 14.6. The van der Waals surface area contributed by atoms with Gasteiger partial charge in [0.2, 0.25) is 0 Å². The third-order valence-electron chi connectivity index (χ3n) is 3.95. The lowest BCUT2D eigenvalue weighted by molar-refractivity contribution is -0.0220. The fourth-order valence-electron chi connectivity index (χ4n) is 2.81. The molecule has 1 N–H and O–H groups in total. The van der Waals surface area contributed by atoms with E-state index in [2.05, 4.69) is 10.3 Å². The van der Waals surface area contributed by atoms with E-state index in [1.165, 1.54) is 0 Å². The highest BCUT2D eigenvalue weighted by molar-refractivity contribution is 5.87. The summed E-state index contributed by atoms with van der Waals surface area (Å²) < 4.78 is 33.9. The van der Waals surface area contributed by atoms with E-state index in [9.17, 15) is 13.6 Å². The molecule has 0 spiro atoms. The lowest BCUT2D eigenvalue weighted by Crippen LogP contribution is -2.39. The second-order valence-electron chi connectivity index (χ2n) is 7.24. The number of ether oxygens (including phenoxy) is 1. The largest absolute Gasteiger partial charge is 0.444 e. The molecule has 3 rings (SSSR count). The molecule has 2 aromatic rings. The molecule has 0 bridgehead atoms. The minimum atomic E-state index is -2.62. The Hall–Kier alpha value is -2.38. The molecule has 8 heteroatoms. The topological polar surface area (TPSA) is 58.9 Å². The Bertz CT molecular complexity index is 773. The first kappa shape index (κ1) is 17.4. The average molecular weight is 352 g/mol. The van der Waals surface area contributed by atoms with Gasteiger partial charge >= 0.3 is 6.09 Å². The van der Waals surface area contributed by atoms with Crippen LogP contribution in [0.2, 0.25) is 0 Å². The smallest absolute Gasteiger partial charge is 0.412 e. The Labute approximate surface area is 144 Å². The van der Waals surface area contributed by atoms with Gasteiger partial charge in [0.15, 0.2) is 5.65 Å². The molecule has 0 saturated carbocycles. The summed E-state index contributed by atoms with van der Waals surface area (Å²) in [5.74, 6) is -2.62. The second-order valence-corrected chi connectivity index (χ2v) is 7.24. The molecule has 0 aliphatic carbocycles. The fourth-order valence-corrected chi connectivity index (χ4v) is 2.81. The van der Waals surface area contributed by atoms with Crippen molar-refractivity contribution in [3.8, 4) is 0 Å². The summed E-state index contributed by atoms with van der Waals surface area (Å²) in [7, 11) is 0. The number of hydrogen-bond acceptors (Lipinski definition) is 4. The number of alkyl halides is 2. The number of aromatic nitrogens is 2. The van der Waals surface area contributed by atoms with Crippen molar-refractivity contribution < 1.29 is 18.3 Å². The molecular weight excluding hydrogens is 330 g/mol. The molecule has 0 aromatic carbocycles. The number of fused-ring (bicyclic) bond motifs is 1. The van der Waals surface area contributed by atoms with E-state index >= 15 is 0 Å². The number of nitrogens with zero attached hydrogens (tertiary/aromatic N) is 3. The van der Waals surface area contributed by atoms with E-state index in [4.69, 9.17) is 4.74 Å². The maximum atomic E-state index is 13.4. The number of carbonyl (C=O) groups is 1. The summed E-state index contributed by atoms with van der Waals surface area (Å²) in [5, 5.41) is 2.69. The third-order valence-corrected chi connectivity index (χ3v) is 3.95. The van der Waals surface area contributed by atoms with E-state index in [0.29, 0.717) is 17.0 Å². The van der Waals surface area contributed by atoms with E-state index in [1.54, 1.807) is 49.8 Å². The Kier molecular flexibility index (Phi) is 4.30. The van der Waals surface area contributed by atoms with E-state index < -0.39 is 17.6 Å². The summed E-state index contributed by atoms with van der Waals surface area (Å²) >= 11 is 0. The molecule has 1 saturated heterocycles. The van der Waals surface area contributed by atoms with Gasteiger partial charge in [-0.3, -0.25) is 5.32 Å². The van der Waals surface area contributed by atoms with Crippen LogP contribution < -0.4 is 10.2 Å². The Morgan fingerprint density at radius 3 is 2.64 bits per heavy atom. The average Bonchev–Trinajstić information content (AvgIpc) is 2.92. The van der Waals surface area contributed by atoms with Crippen molar-refractivity contribution in [3.63, 3.8) is 0 Å². The molecule has 2 aromatic heterocycles. The number of anilines is 2. The maximum absolute atomic E-state index is 13.4. The van der Waals surface area contributed by atoms with Gasteiger partial charge < -0.3 is 14.0 Å². The van der Waals surface area contributed by atoms with Crippen LogP contribution in [-0.2, 0) is 4.74 Å². The number of rotatable bonds is 2. The van der Waals surface area contributed by atoms with Crippen molar-refractivity contribution in [1.82, 2.24) is 9.38 Å². The zero-order chi connectivity index (χ0) is 18.2. The van der Waals surface area contributed by atoms with Crippen LogP contribution >= 0.6 is 0 Å². The molecule has 1 aliphatic heterocycles. The minimum absolute atomic E-state index is 0.191. The number of carbonyl (C=O) groups excluding carboxylic acids is 1. The van der Waals surface area contributed by atoms with Gasteiger partial charge in [-0.15, -0.1) is 0 Å². The lowest BCUT2D eigenvalue weighted by atomic mass is 10.1. The van der Waals surface area contributed by atoms with Gasteiger partial charge in [-0.05, 0) is 26.8 Å². The molecule has 25 heavy (non-hydrogen) atoms. The number of hydrogen-bond donors (Lipinski definition) is 1. The molecule has 0 unspecified atom stereocenters. The van der Waals surface area contributed by atoms with Gasteiger partial charge in [-0.25, -0.2) is 18.6 Å². The summed E-state index contributed by atoms with van der Waals surface area (Å²) in [5.41, 5.74) is 1.30. The van der Waals surface area contributed by atoms with Crippen LogP contribution in [0.5, 0.6) is 0 Å². The predicted octanol–water partition coefficient (Wildman–Crippen LogP) is 3.92. The van der Waals surface area contributed by atoms with Gasteiger partial charge in [-0.1, -0.05) is 0 Å². The molecule has 0 atom stereocenters. The summed E-state index contributed by atoms with van der Waals surface area (Å²) in [6.45, 7) is 5.83. The highest BCUT2D eigenvalue weighted by atomic mass is 19.3. The van der Waals surface area contributed by atoms with Crippen molar-refractivity contribution in [1.29, 1.82) is 0 Å². The number of piperidine rings is 1. The number of pyridine rings is 1. The van der Waals surface area contributed by atoms with Crippen molar-refractivity contribution in [2.24, 2.45) is 0 Å². The first-order valence-electron chi connectivity index (χ1n) is 8.22. The normalized spacial score (nSPS) is 17.6. The van der Waals surface area contributed by atoms with Crippen LogP contribution in [0.1, 0.15) is 33.6 Å². The van der Waals surface area contributed by atoms with Gasteiger partial charge in [0, 0.05) is 44.5 Å². The molecule has 3 heterocycles. The van der Waals surface area contributed by atoms with Crippen molar-refractivity contribution in [2.45, 2.75) is 45.1 Å². The molecule has 1 fully saturated rings. The fraction of sp³-hybridized carbons (Fsp3) is 0.529. The Morgan fingerprint density at radius 1 is 1.32 bits per heavy atom. The quantitative estimate of drug-likeness (QED) is 0.890. The Balaban J connectivity index is 1.86. The summed E-state index contributed by atoms with van der Waals surface area (Å²) in [4.78, 5) is 18.2. The zero-order valence-corrected chi connectivity index (χ0v) is 14.6. The van der Waals surface area contributed by atoms with E-state index in [-0.39, 0.29) is 25.9 Å². The van der Waals surface area contributed by atoms with E-state index in [1.807, 2.05) is 4.90 Å². The van der Waals surface area contributed by atoms with Crippen molar-refractivity contribution in [2.75, 3.05) is 23.3 Å². The van der Waals surface area contributed by atoms with Gasteiger partial charge in [0.05, 0.1) is 11.4 Å². The van der Waals surface area contributed by atoms with Crippen LogP contribution in [0.3, 0.4) is 0 Å². The van der Waals surface area contributed by atoms with Crippen LogP contribution in [0.25, 0.3) is 5.65 Å². The van der Waals surface area contributed by atoms with Crippen LogP contribution in [0.15, 0.2) is 24.7 Å². The second kappa shape index (κ2) is 6.16. The van der Waals surface area contributed by atoms with E-state index in [0.717, 1.165) is 0 Å². The Morgan fingerprint density at radius 2 is 2.00 bits per heavy atom. The van der Waals surface area contributed by atoms with Crippen LogP contribution in [-0.4, -0.2) is 40.1 Å². The number of halogens is 2. The molecule has 6 nitrogen and oxygen atoms in total. The number of nitrogens with one attached hydrogen (secondary N) is 1. The summed E-state index contributed by atoms with van der Waals surface area (Å²) in [6, 6.07) is 1.75. The number of amides is 1. The molecule has 1 amide bonds. The molecule has 136 valence electrons. The third kappa shape index (κ3) is 4.18. The van der Waals surface area contributed by atoms with Crippen LogP contribution in [0.4, 0.5) is 25.0 Å². The summed E-state index contributed by atoms with van der Waals surface area (Å²) in [6.07, 6.45) is 4.15. The highest BCUT2D eigenvalue weighted by Gasteiger charge is 2.34. The molecule has 0 radical (unpaired) electrons. The SMILES string of the molecule is CC(C)(C)OC(=O)Nc1cc(N2CCC(F)(F)CC2)c2nccn2c1. The van der Waals surface area contributed by atoms with Gasteiger partial charge in [-0.2, -0.15) is 0 Å². The van der Waals surface area contributed by atoms with Crippen LogP contribution in [0, 0.1) is 0 Å². The first-order valence-corrected chi connectivity index (χ1v) is 8.22. The maximum Gasteiger partial charge on any atom is 0.412 e. The van der Waals surface area contributed by atoms with Crippen molar-refractivity contribution >= 4 is 23.1 Å². The van der Waals surface area contributed by atoms with Gasteiger partial charge in [0.1, 0.15) is 5.60 Å². The monoisotopic (exact) mass is 352 g/mol. The minimum Gasteiger partial charge on any atom is -0.444 e. The predicted molar refractivity (Wildman–Crippen MR) is 91.4 cm³/mol. The van der Waals surface area contributed by atoms with Crippen molar-refractivity contribution in [3.05, 3.63) is 24.7 Å². The molecule has 1 aliphatic rings. The lowest BCUT2D eigenvalue weighted by Gasteiger charge is -2.33.